The smallest absolute Gasteiger partial charge is 0.321 e. The first-order valence-corrected chi connectivity index (χ1v) is 3.29. The summed E-state index contributed by atoms with van der Waals surface area (Å²) >= 11 is 5.46. The van der Waals surface area contributed by atoms with Gasteiger partial charge in [0.15, 0.2) is 0 Å². The molecule has 0 saturated heterocycles. The van der Waals surface area contributed by atoms with E-state index in [4.69, 9.17) is 16.3 Å². The maximum absolute atomic E-state index is 5.46. The summed E-state index contributed by atoms with van der Waals surface area (Å²) in [6, 6.07) is 0.213. The van der Waals surface area contributed by atoms with Gasteiger partial charge in [0.25, 0.3) is 0 Å². The van der Waals surface area contributed by atoms with Crippen molar-refractivity contribution in [1.29, 1.82) is 0 Å². The largest absolute Gasteiger partial charge is 0.459 e. The van der Waals surface area contributed by atoms with Gasteiger partial charge < -0.3 is 4.74 Å². The zero-order valence-corrected chi connectivity index (χ0v) is 6.45. The Kier molecular flexibility index (Phi) is 2.80. The average Bonchev–Trinajstić information content (AvgIpc) is 2.01. The maximum Gasteiger partial charge on any atom is 0.321 e. The van der Waals surface area contributed by atoms with E-state index in [9.17, 15) is 0 Å². The number of nitrogens with zero attached hydrogens (tertiary/aromatic N) is 3. The molecule has 0 aliphatic heterocycles. The highest BCUT2D eigenvalue weighted by Gasteiger charge is 1.96. The molecule has 0 aliphatic rings. The van der Waals surface area contributed by atoms with Crippen molar-refractivity contribution in [3.05, 3.63) is 24.3 Å². The van der Waals surface area contributed by atoms with Crippen LogP contribution in [0.4, 0.5) is 0 Å². The summed E-state index contributed by atoms with van der Waals surface area (Å²) in [5, 5.41) is 0.124. The van der Waals surface area contributed by atoms with Crippen LogP contribution in [0.3, 0.4) is 0 Å². The van der Waals surface area contributed by atoms with E-state index in [-0.39, 0.29) is 11.3 Å². The molecule has 1 rings (SSSR count). The third-order valence-corrected chi connectivity index (χ3v) is 1.03. The zero-order valence-electron chi connectivity index (χ0n) is 5.70. The van der Waals surface area contributed by atoms with Crippen LogP contribution in [-0.4, -0.2) is 21.6 Å². The Morgan fingerprint density at radius 1 is 1.64 bits per heavy atom. The molecule has 11 heavy (non-hydrogen) atoms. The molecule has 1 aromatic rings. The molecular weight excluding hydrogens is 166 g/mol. The minimum Gasteiger partial charge on any atom is -0.459 e. The number of rotatable bonds is 3. The van der Waals surface area contributed by atoms with Gasteiger partial charge in [-0.25, -0.2) is 4.98 Å². The third-order valence-electron chi connectivity index (χ3n) is 0.851. The molecule has 0 unspecified atom stereocenters. The molecule has 1 aromatic heterocycles. The minimum atomic E-state index is 0.124. The first-order chi connectivity index (χ1) is 5.33. The summed E-state index contributed by atoms with van der Waals surface area (Å²) in [5.74, 6) is 0. The van der Waals surface area contributed by atoms with E-state index < -0.39 is 0 Å². The van der Waals surface area contributed by atoms with Gasteiger partial charge in [-0.1, -0.05) is 12.7 Å². The van der Waals surface area contributed by atoms with Crippen LogP contribution in [0.5, 0.6) is 6.01 Å². The summed E-state index contributed by atoms with van der Waals surface area (Å²) in [6.45, 7) is 3.83. The number of hydrogen-bond acceptors (Lipinski definition) is 4. The lowest BCUT2D eigenvalue weighted by atomic mass is 10.7. The van der Waals surface area contributed by atoms with E-state index in [2.05, 4.69) is 21.5 Å². The van der Waals surface area contributed by atoms with Gasteiger partial charge in [0, 0.05) is 0 Å². The molecule has 58 valence electrons. The van der Waals surface area contributed by atoms with Gasteiger partial charge in [-0.05, 0) is 11.6 Å². The molecular formula is C6H6ClN3O. The van der Waals surface area contributed by atoms with Gasteiger partial charge in [-0.2, -0.15) is 9.97 Å². The summed E-state index contributed by atoms with van der Waals surface area (Å²) in [5.41, 5.74) is 0. The molecule has 0 N–H and O–H groups in total. The molecule has 0 aromatic carbocycles. The van der Waals surface area contributed by atoms with Crippen molar-refractivity contribution in [2.24, 2.45) is 0 Å². The molecule has 0 aliphatic carbocycles. The topological polar surface area (TPSA) is 47.9 Å². The minimum absolute atomic E-state index is 0.124. The highest BCUT2D eigenvalue weighted by molar-refractivity contribution is 6.28. The Bertz CT molecular complexity index is 253. The quantitative estimate of drug-likeness (QED) is 0.639. The standard InChI is InChI=1S/C6H6ClN3O/c1-2-3-11-6-9-4-8-5(7)10-6/h2,4H,1,3H2. The van der Waals surface area contributed by atoms with Gasteiger partial charge in [0.1, 0.15) is 12.9 Å². The number of aromatic nitrogens is 3. The van der Waals surface area contributed by atoms with E-state index in [0.29, 0.717) is 6.61 Å². The first kappa shape index (κ1) is 7.94. The van der Waals surface area contributed by atoms with E-state index in [1.807, 2.05) is 0 Å². The molecule has 0 bridgehead atoms. The first-order valence-electron chi connectivity index (χ1n) is 2.91. The average molecular weight is 172 g/mol. The Balaban J connectivity index is 2.63. The summed E-state index contributed by atoms with van der Waals surface area (Å²) in [7, 11) is 0. The Hall–Kier alpha value is -1.16. The van der Waals surface area contributed by atoms with Crippen LogP contribution in [0.1, 0.15) is 0 Å². The van der Waals surface area contributed by atoms with Crippen molar-refractivity contribution in [3.63, 3.8) is 0 Å². The van der Waals surface area contributed by atoms with Crippen LogP contribution in [0.15, 0.2) is 19.0 Å². The third kappa shape index (κ3) is 2.51. The van der Waals surface area contributed by atoms with Crippen molar-refractivity contribution < 1.29 is 4.74 Å². The number of hydrogen-bond donors (Lipinski definition) is 0. The molecule has 4 nitrogen and oxygen atoms in total. The number of halogens is 1. The lowest BCUT2D eigenvalue weighted by molar-refractivity contribution is 0.332. The molecule has 1 heterocycles. The normalized spacial score (nSPS) is 9.18. The lowest BCUT2D eigenvalue weighted by Gasteiger charge is -1.97. The SMILES string of the molecule is C=CCOc1ncnc(Cl)n1. The highest BCUT2D eigenvalue weighted by Crippen LogP contribution is 2.03. The molecule has 5 heteroatoms. The second-order valence-electron chi connectivity index (χ2n) is 1.64. The van der Waals surface area contributed by atoms with Crippen LogP contribution >= 0.6 is 11.6 Å². The van der Waals surface area contributed by atoms with E-state index in [1.54, 1.807) is 6.08 Å². The van der Waals surface area contributed by atoms with Crippen LogP contribution in [-0.2, 0) is 0 Å². The highest BCUT2D eigenvalue weighted by atomic mass is 35.5. The van der Waals surface area contributed by atoms with E-state index in [0.717, 1.165) is 0 Å². The maximum atomic E-state index is 5.46. The molecule has 0 radical (unpaired) electrons. The van der Waals surface area contributed by atoms with E-state index >= 15 is 0 Å². The summed E-state index contributed by atoms with van der Waals surface area (Å²) < 4.78 is 4.97. The monoisotopic (exact) mass is 171 g/mol. The summed E-state index contributed by atoms with van der Waals surface area (Å²) in [6.07, 6.45) is 2.88. The fourth-order valence-electron chi connectivity index (χ4n) is 0.466. The second kappa shape index (κ2) is 3.88. The molecule has 0 atom stereocenters. The Morgan fingerprint density at radius 2 is 2.45 bits per heavy atom. The predicted molar refractivity (Wildman–Crippen MR) is 40.5 cm³/mol. The van der Waals surface area contributed by atoms with Crippen LogP contribution < -0.4 is 4.74 Å². The van der Waals surface area contributed by atoms with Crippen molar-refractivity contribution >= 4 is 11.6 Å². The van der Waals surface area contributed by atoms with Gasteiger partial charge in [0.05, 0.1) is 0 Å². The van der Waals surface area contributed by atoms with Crippen LogP contribution in [0.2, 0.25) is 5.28 Å². The van der Waals surface area contributed by atoms with Gasteiger partial charge in [-0.15, -0.1) is 0 Å². The fourth-order valence-corrected chi connectivity index (χ4v) is 0.582. The zero-order chi connectivity index (χ0) is 8.10. The predicted octanol–water partition coefficient (Wildman–Crippen LogP) is 1.09. The molecule has 0 spiro atoms. The summed E-state index contributed by atoms with van der Waals surface area (Å²) in [4.78, 5) is 11.0. The van der Waals surface area contributed by atoms with Crippen LogP contribution in [0, 0.1) is 0 Å². The van der Waals surface area contributed by atoms with Crippen molar-refractivity contribution in [1.82, 2.24) is 15.0 Å². The van der Waals surface area contributed by atoms with Gasteiger partial charge in [0.2, 0.25) is 5.28 Å². The second-order valence-corrected chi connectivity index (χ2v) is 1.97. The van der Waals surface area contributed by atoms with E-state index in [1.165, 1.54) is 6.33 Å². The number of ether oxygens (including phenoxy) is 1. The van der Waals surface area contributed by atoms with Crippen molar-refractivity contribution in [2.75, 3.05) is 6.61 Å². The molecule has 0 saturated carbocycles. The molecule has 0 amide bonds. The Morgan fingerprint density at radius 3 is 3.09 bits per heavy atom. The van der Waals surface area contributed by atoms with Crippen molar-refractivity contribution in [3.8, 4) is 6.01 Å². The lowest BCUT2D eigenvalue weighted by Crippen LogP contribution is -1.98. The van der Waals surface area contributed by atoms with Gasteiger partial charge in [-0.3, -0.25) is 0 Å². The molecule has 0 fully saturated rings. The van der Waals surface area contributed by atoms with Crippen LogP contribution in [0.25, 0.3) is 0 Å². The fraction of sp³-hybridized carbons (Fsp3) is 0.167. The van der Waals surface area contributed by atoms with Crippen molar-refractivity contribution in [2.45, 2.75) is 0 Å². The van der Waals surface area contributed by atoms with Gasteiger partial charge >= 0.3 is 6.01 Å². The Labute approximate surface area is 68.9 Å².